The molecular weight excluding hydrogens is 248 g/mol. The summed E-state index contributed by atoms with van der Waals surface area (Å²) in [6.45, 7) is 9.09. The van der Waals surface area contributed by atoms with E-state index >= 15 is 0 Å². The largest absolute Gasteiger partial charge is 0.0883 e. The van der Waals surface area contributed by atoms with Crippen LogP contribution in [0.5, 0.6) is 0 Å². The summed E-state index contributed by atoms with van der Waals surface area (Å²) in [6, 6.07) is 0. The van der Waals surface area contributed by atoms with E-state index in [0.717, 1.165) is 5.33 Å². The van der Waals surface area contributed by atoms with Crippen molar-refractivity contribution in [3.8, 4) is 0 Å². The zero-order chi connectivity index (χ0) is 11.5. The van der Waals surface area contributed by atoms with Gasteiger partial charge in [-0.2, -0.15) is 0 Å². The second-order valence-electron chi connectivity index (χ2n) is 5.01. The third-order valence-electron chi connectivity index (χ3n) is 3.23. The minimum atomic E-state index is 0.370. The van der Waals surface area contributed by atoms with Crippen molar-refractivity contribution < 1.29 is 0 Å². The topological polar surface area (TPSA) is 0 Å². The molecule has 0 saturated heterocycles. The van der Waals surface area contributed by atoms with E-state index in [0.29, 0.717) is 5.41 Å². The molecule has 0 saturated carbocycles. The third-order valence-corrected chi connectivity index (χ3v) is 3.55. The quantitative estimate of drug-likeness (QED) is 0.498. The van der Waals surface area contributed by atoms with Crippen molar-refractivity contribution >= 4 is 15.9 Å². The highest BCUT2D eigenvalue weighted by Crippen LogP contribution is 2.42. The van der Waals surface area contributed by atoms with Gasteiger partial charge < -0.3 is 0 Å². The summed E-state index contributed by atoms with van der Waals surface area (Å²) < 4.78 is 0. The molecule has 0 radical (unpaired) electrons. The summed E-state index contributed by atoms with van der Waals surface area (Å²) in [7, 11) is 0. The molecule has 1 heteroatoms. The molecule has 0 N–H and O–H groups in total. The molecule has 0 aromatic rings. The molecule has 0 aromatic heterocycles. The Bertz CT molecular complexity index is 316. The van der Waals surface area contributed by atoms with E-state index in [2.05, 4.69) is 61.9 Å². The van der Waals surface area contributed by atoms with E-state index in [1.165, 1.54) is 24.0 Å². The summed E-state index contributed by atoms with van der Waals surface area (Å²) in [6.07, 6.45) is 9.27. The van der Waals surface area contributed by atoms with Crippen LogP contribution in [0.4, 0.5) is 0 Å². The van der Waals surface area contributed by atoms with Gasteiger partial charge in [0.15, 0.2) is 0 Å². The van der Waals surface area contributed by atoms with Gasteiger partial charge in [-0.1, -0.05) is 59.2 Å². The standard InChI is InChI=1S/C14H21Br/c1-11(8-10-15)5-6-13-12(2)7-9-14(13,3)4/h5-6,8H,7,9-10H2,1-4H3. The molecule has 1 aliphatic carbocycles. The van der Waals surface area contributed by atoms with Crippen molar-refractivity contribution in [1.29, 1.82) is 0 Å². The summed E-state index contributed by atoms with van der Waals surface area (Å²) in [5.41, 5.74) is 4.79. The summed E-state index contributed by atoms with van der Waals surface area (Å²) >= 11 is 3.42. The summed E-state index contributed by atoms with van der Waals surface area (Å²) in [5.74, 6) is 0. The molecule has 0 unspecified atom stereocenters. The SMILES string of the molecule is CC(C=CC1=C(C)CCC1(C)C)=CCBr. The summed E-state index contributed by atoms with van der Waals surface area (Å²) in [5, 5.41) is 0.935. The van der Waals surface area contributed by atoms with Gasteiger partial charge in [-0.3, -0.25) is 0 Å². The highest BCUT2D eigenvalue weighted by Gasteiger charge is 2.28. The van der Waals surface area contributed by atoms with E-state index in [-0.39, 0.29) is 0 Å². The molecule has 0 fully saturated rings. The maximum atomic E-state index is 3.42. The van der Waals surface area contributed by atoms with E-state index in [1.807, 2.05) is 0 Å². The van der Waals surface area contributed by atoms with Gasteiger partial charge in [0, 0.05) is 5.33 Å². The number of hydrogen-bond acceptors (Lipinski definition) is 0. The molecule has 84 valence electrons. The molecule has 0 nitrogen and oxygen atoms in total. The molecule has 1 rings (SSSR count). The lowest BCUT2D eigenvalue weighted by atomic mass is 9.85. The number of halogens is 1. The second-order valence-corrected chi connectivity index (χ2v) is 5.66. The molecule has 0 aliphatic heterocycles. The first-order valence-corrected chi connectivity index (χ1v) is 6.70. The third kappa shape index (κ3) is 3.34. The minimum Gasteiger partial charge on any atom is -0.0883 e. The Hall–Kier alpha value is -0.300. The highest BCUT2D eigenvalue weighted by molar-refractivity contribution is 9.09. The molecule has 0 spiro atoms. The smallest absolute Gasteiger partial charge is 0.0217 e. The Morgan fingerprint density at radius 1 is 1.47 bits per heavy atom. The Balaban J connectivity index is 2.82. The molecule has 0 heterocycles. The lowest BCUT2D eigenvalue weighted by molar-refractivity contribution is 0.451. The van der Waals surface area contributed by atoms with Crippen molar-refractivity contribution in [3.63, 3.8) is 0 Å². The normalized spacial score (nSPS) is 21.8. The Kier molecular flexibility index (Phi) is 4.39. The average molecular weight is 269 g/mol. The fourth-order valence-corrected chi connectivity index (χ4v) is 2.63. The molecule has 0 aromatic carbocycles. The van der Waals surface area contributed by atoms with Crippen molar-refractivity contribution in [2.75, 3.05) is 5.33 Å². The summed E-state index contributed by atoms with van der Waals surface area (Å²) in [4.78, 5) is 0. The van der Waals surface area contributed by atoms with Crippen LogP contribution in [-0.2, 0) is 0 Å². The van der Waals surface area contributed by atoms with Crippen LogP contribution < -0.4 is 0 Å². The maximum Gasteiger partial charge on any atom is 0.0217 e. The van der Waals surface area contributed by atoms with Gasteiger partial charge in [0.05, 0.1) is 0 Å². The molecule has 0 atom stereocenters. The van der Waals surface area contributed by atoms with E-state index in [1.54, 1.807) is 5.57 Å². The van der Waals surface area contributed by atoms with E-state index < -0.39 is 0 Å². The molecule has 15 heavy (non-hydrogen) atoms. The highest BCUT2D eigenvalue weighted by atomic mass is 79.9. The zero-order valence-corrected chi connectivity index (χ0v) is 11.8. The van der Waals surface area contributed by atoms with Crippen LogP contribution in [0.3, 0.4) is 0 Å². The van der Waals surface area contributed by atoms with E-state index in [9.17, 15) is 0 Å². The lowest BCUT2D eigenvalue weighted by Gasteiger charge is -2.20. The predicted molar refractivity (Wildman–Crippen MR) is 72.4 cm³/mol. The molecule has 1 aliphatic rings. The van der Waals surface area contributed by atoms with Crippen LogP contribution in [0.1, 0.15) is 40.5 Å². The van der Waals surface area contributed by atoms with Crippen LogP contribution in [-0.4, -0.2) is 5.33 Å². The number of allylic oxidation sites excluding steroid dienone is 6. The van der Waals surface area contributed by atoms with Crippen LogP contribution >= 0.6 is 15.9 Å². The lowest BCUT2D eigenvalue weighted by Crippen LogP contribution is -2.08. The van der Waals surface area contributed by atoms with Crippen LogP contribution in [0, 0.1) is 5.41 Å². The Morgan fingerprint density at radius 3 is 2.60 bits per heavy atom. The van der Waals surface area contributed by atoms with Crippen molar-refractivity contribution in [3.05, 3.63) is 34.9 Å². The van der Waals surface area contributed by atoms with Gasteiger partial charge in [0.25, 0.3) is 0 Å². The van der Waals surface area contributed by atoms with Gasteiger partial charge in [-0.05, 0) is 37.7 Å². The van der Waals surface area contributed by atoms with Gasteiger partial charge in [0.1, 0.15) is 0 Å². The van der Waals surface area contributed by atoms with Crippen molar-refractivity contribution in [2.24, 2.45) is 5.41 Å². The van der Waals surface area contributed by atoms with Crippen LogP contribution in [0.15, 0.2) is 34.9 Å². The number of alkyl halides is 1. The average Bonchev–Trinajstić information content (AvgIpc) is 2.39. The monoisotopic (exact) mass is 268 g/mol. The fourth-order valence-electron chi connectivity index (χ4n) is 2.12. The van der Waals surface area contributed by atoms with Crippen molar-refractivity contribution in [1.82, 2.24) is 0 Å². The minimum absolute atomic E-state index is 0.370. The van der Waals surface area contributed by atoms with Crippen LogP contribution in [0.25, 0.3) is 0 Å². The predicted octanol–water partition coefficient (Wildman–Crippen LogP) is 5.02. The Labute approximate surface area is 102 Å². The first-order valence-electron chi connectivity index (χ1n) is 5.58. The first-order chi connectivity index (χ1) is 6.97. The van der Waals surface area contributed by atoms with Gasteiger partial charge >= 0.3 is 0 Å². The zero-order valence-electron chi connectivity index (χ0n) is 10.2. The molecule has 0 bridgehead atoms. The van der Waals surface area contributed by atoms with Gasteiger partial charge in [-0.15, -0.1) is 0 Å². The maximum absolute atomic E-state index is 3.42. The van der Waals surface area contributed by atoms with E-state index in [4.69, 9.17) is 0 Å². The van der Waals surface area contributed by atoms with Gasteiger partial charge in [-0.25, -0.2) is 0 Å². The number of rotatable bonds is 3. The van der Waals surface area contributed by atoms with Crippen molar-refractivity contribution in [2.45, 2.75) is 40.5 Å². The molecular formula is C14H21Br. The molecule has 0 amide bonds. The Morgan fingerprint density at radius 2 is 2.13 bits per heavy atom. The number of hydrogen-bond donors (Lipinski definition) is 0. The van der Waals surface area contributed by atoms with Crippen LogP contribution in [0.2, 0.25) is 0 Å². The van der Waals surface area contributed by atoms with Gasteiger partial charge in [0.2, 0.25) is 0 Å². The fraction of sp³-hybridized carbons (Fsp3) is 0.571. The second kappa shape index (κ2) is 5.16. The first kappa shape index (κ1) is 12.8.